The van der Waals surface area contributed by atoms with Gasteiger partial charge in [-0.15, -0.1) is 0 Å². The van der Waals surface area contributed by atoms with Gasteiger partial charge in [-0.05, 0) is 30.9 Å². The Bertz CT molecular complexity index is 1020. The maximum absolute atomic E-state index is 13.9. The van der Waals surface area contributed by atoms with Crippen LogP contribution in [0.2, 0.25) is 0 Å². The molecule has 1 saturated carbocycles. The molecule has 8 nitrogen and oxygen atoms in total. The molecule has 2 atom stereocenters. The third-order valence-electron chi connectivity index (χ3n) is 6.14. The van der Waals surface area contributed by atoms with Crippen molar-refractivity contribution < 1.29 is 35.9 Å². The summed E-state index contributed by atoms with van der Waals surface area (Å²) in [5, 5.41) is 0. The number of piperazine rings is 1. The van der Waals surface area contributed by atoms with Crippen molar-refractivity contribution in [2.45, 2.75) is 37.8 Å². The molecule has 0 radical (unpaired) electrons. The van der Waals surface area contributed by atoms with Gasteiger partial charge in [-0.2, -0.15) is 4.31 Å². The van der Waals surface area contributed by atoms with Crippen LogP contribution in [0.1, 0.15) is 24.8 Å². The molecule has 1 heterocycles. The van der Waals surface area contributed by atoms with E-state index in [0.29, 0.717) is 25.0 Å². The van der Waals surface area contributed by atoms with Gasteiger partial charge in [0.1, 0.15) is 5.82 Å². The fraction of sp³-hybridized carbons (Fsp3) is 0.600. The minimum absolute atomic E-state index is 0.00669. The predicted molar refractivity (Wildman–Crippen MR) is 108 cm³/mol. The van der Waals surface area contributed by atoms with Crippen LogP contribution in [0.3, 0.4) is 0 Å². The summed E-state index contributed by atoms with van der Waals surface area (Å²) in [5.74, 6) is -4.40. The van der Waals surface area contributed by atoms with Crippen LogP contribution < -0.4 is 5.73 Å². The van der Waals surface area contributed by atoms with Crippen molar-refractivity contribution >= 4 is 21.9 Å². The third kappa shape index (κ3) is 4.91. The summed E-state index contributed by atoms with van der Waals surface area (Å²) in [6.07, 6.45) is 1.56. The number of hydrogen-bond acceptors (Lipinski definition) is 6. The number of nitrogens with zero attached hydrogens (tertiary/aromatic N) is 2. The van der Waals surface area contributed by atoms with E-state index in [0.717, 1.165) is 6.26 Å². The first-order valence-electron chi connectivity index (χ1n) is 10.1. The van der Waals surface area contributed by atoms with E-state index in [1.165, 1.54) is 16.3 Å². The summed E-state index contributed by atoms with van der Waals surface area (Å²) in [6, 6.07) is -0.495. The molecule has 1 aliphatic carbocycles. The molecule has 1 aromatic carbocycles. The highest BCUT2D eigenvalue weighted by molar-refractivity contribution is 7.88. The number of amides is 1. The van der Waals surface area contributed by atoms with Crippen molar-refractivity contribution in [1.29, 1.82) is 0 Å². The van der Waals surface area contributed by atoms with E-state index in [1.807, 2.05) is 0 Å². The van der Waals surface area contributed by atoms with Gasteiger partial charge in [0, 0.05) is 38.2 Å². The molecule has 12 heteroatoms. The maximum atomic E-state index is 13.9. The van der Waals surface area contributed by atoms with Crippen molar-refractivity contribution in [3.63, 3.8) is 0 Å². The van der Waals surface area contributed by atoms with Crippen LogP contribution in [0.4, 0.5) is 13.2 Å². The highest BCUT2D eigenvalue weighted by atomic mass is 32.2. The Morgan fingerprint density at radius 3 is 2.38 bits per heavy atom. The number of rotatable bonds is 7. The zero-order valence-corrected chi connectivity index (χ0v) is 18.6. The monoisotopic (exact) mass is 477 g/mol. The molecule has 2 fully saturated rings. The molecule has 178 valence electrons. The zero-order valence-electron chi connectivity index (χ0n) is 17.8. The lowest BCUT2D eigenvalue weighted by atomic mass is 9.94. The molecule has 0 spiro atoms. The van der Waals surface area contributed by atoms with Crippen molar-refractivity contribution in [2.75, 3.05) is 33.0 Å². The van der Waals surface area contributed by atoms with E-state index in [9.17, 15) is 31.2 Å². The lowest BCUT2D eigenvalue weighted by Crippen LogP contribution is -2.61. The fourth-order valence-corrected chi connectivity index (χ4v) is 5.42. The number of nitrogens with two attached hydrogens (primary N) is 1. The minimum atomic E-state index is -3.63. The summed E-state index contributed by atoms with van der Waals surface area (Å²) in [4.78, 5) is 26.6. The van der Waals surface area contributed by atoms with Crippen LogP contribution in [-0.4, -0.2) is 74.6 Å². The summed E-state index contributed by atoms with van der Waals surface area (Å²) in [5.41, 5.74) is 4.82. The van der Waals surface area contributed by atoms with E-state index >= 15 is 0 Å². The quantitative estimate of drug-likeness (QED) is 0.459. The largest absolute Gasteiger partial charge is 0.469 e. The normalized spacial score (nSPS) is 21.8. The number of ether oxygens (including phenoxy) is 1. The molecule has 1 unspecified atom stereocenters. The smallest absolute Gasteiger partial charge is 0.313 e. The Morgan fingerprint density at radius 2 is 1.81 bits per heavy atom. The molecule has 0 bridgehead atoms. The molecule has 1 amide bonds. The van der Waals surface area contributed by atoms with Gasteiger partial charge in [-0.1, -0.05) is 0 Å². The Kier molecular flexibility index (Phi) is 6.87. The molecule has 3 rings (SSSR count). The molecular weight excluding hydrogens is 451 g/mol. The topological polar surface area (TPSA) is 110 Å². The standard InChI is InChI=1S/C20H26F3N3O5S/c1-31-19(28)20(3-4-20)17-11-25(5-6-26(17)32(2,29)30)18(27)9-13(24)7-12-8-15(22)16(23)10-14(12)21/h8,10,13,17H,3-7,9,11,24H2,1-2H3/t13-,17?/m1/s1. The molecule has 2 N–H and O–H groups in total. The van der Waals surface area contributed by atoms with Crippen molar-refractivity contribution in [1.82, 2.24) is 9.21 Å². The summed E-state index contributed by atoms with van der Waals surface area (Å²) >= 11 is 0. The van der Waals surface area contributed by atoms with Crippen LogP contribution in [0.25, 0.3) is 0 Å². The average Bonchev–Trinajstić information content (AvgIpc) is 3.52. The summed E-state index contributed by atoms with van der Waals surface area (Å²) < 4.78 is 71.0. The molecule has 0 aromatic heterocycles. The zero-order chi connectivity index (χ0) is 23.8. The Balaban J connectivity index is 1.71. The molecule has 2 aliphatic rings. The van der Waals surface area contributed by atoms with E-state index in [4.69, 9.17) is 10.5 Å². The fourth-order valence-electron chi connectivity index (χ4n) is 4.28. The number of halogens is 3. The number of carbonyl (C=O) groups excluding carboxylic acids is 2. The van der Waals surface area contributed by atoms with Gasteiger partial charge < -0.3 is 15.4 Å². The van der Waals surface area contributed by atoms with Crippen LogP contribution in [0.15, 0.2) is 12.1 Å². The second-order valence-corrected chi connectivity index (χ2v) is 10.3. The Hall–Kier alpha value is -2.18. The first-order chi connectivity index (χ1) is 14.9. The van der Waals surface area contributed by atoms with Gasteiger partial charge in [-0.25, -0.2) is 21.6 Å². The molecule has 1 aromatic rings. The highest BCUT2D eigenvalue weighted by Gasteiger charge is 2.61. The predicted octanol–water partition coefficient (Wildman–Crippen LogP) is 0.789. The molecule has 1 saturated heterocycles. The number of esters is 1. The number of hydrogen-bond donors (Lipinski definition) is 1. The Labute approximate surface area is 184 Å². The number of carbonyl (C=O) groups is 2. The van der Waals surface area contributed by atoms with Crippen LogP contribution in [0.5, 0.6) is 0 Å². The number of methoxy groups -OCH3 is 1. The molecule has 1 aliphatic heterocycles. The van der Waals surface area contributed by atoms with Crippen molar-refractivity contribution in [2.24, 2.45) is 11.1 Å². The summed E-state index contributed by atoms with van der Waals surface area (Å²) in [7, 11) is -2.40. The Morgan fingerprint density at radius 1 is 1.19 bits per heavy atom. The van der Waals surface area contributed by atoms with Gasteiger partial charge in [0.05, 0.1) is 24.8 Å². The second-order valence-electron chi connectivity index (χ2n) is 8.40. The van der Waals surface area contributed by atoms with Crippen molar-refractivity contribution in [3.8, 4) is 0 Å². The second kappa shape index (κ2) is 8.99. The highest BCUT2D eigenvalue weighted by Crippen LogP contribution is 2.52. The minimum Gasteiger partial charge on any atom is -0.469 e. The number of benzene rings is 1. The van der Waals surface area contributed by atoms with Gasteiger partial charge >= 0.3 is 5.97 Å². The van der Waals surface area contributed by atoms with Gasteiger partial charge in [-0.3, -0.25) is 9.59 Å². The van der Waals surface area contributed by atoms with E-state index in [-0.39, 0.29) is 38.0 Å². The first-order valence-corrected chi connectivity index (χ1v) is 12.0. The van der Waals surface area contributed by atoms with Crippen LogP contribution in [-0.2, 0) is 30.8 Å². The van der Waals surface area contributed by atoms with Crippen molar-refractivity contribution in [3.05, 3.63) is 35.1 Å². The van der Waals surface area contributed by atoms with Gasteiger partial charge in [0.15, 0.2) is 11.6 Å². The molecular formula is C20H26F3N3O5S. The van der Waals surface area contributed by atoms with Crippen LogP contribution in [0, 0.1) is 22.9 Å². The van der Waals surface area contributed by atoms with Gasteiger partial charge in [0.2, 0.25) is 15.9 Å². The van der Waals surface area contributed by atoms with E-state index in [1.54, 1.807) is 0 Å². The van der Waals surface area contributed by atoms with Crippen LogP contribution >= 0.6 is 0 Å². The maximum Gasteiger partial charge on any atom is 0.313 e. The molecule has 32 heavy (non-hydrogen) atoms. The SMILES string of the molecule is COC(=O)C1(C2CN(C(=O)C[C@H](N)Cc3cc(F)c(F)cc3F)CCN2S(C)(=O)=O)CC1. The first kappa shape index (κ1) is 24.5. The lowest BCUT2D eigenvalue weighted by molar-refractivity contribution is -0.151. The van der Waals surface area contributed by atoms with Gasteiger partial charge in [0.25, 0.3) is 0 Å². The van der Waals surface area contributed by atoms with E-state index in [2.05, 4.69) is 0 Å². The average molecular weight is 478 g/mol. The van der Waals surface area contributed by atoms with E-state index < -0.39 is 56.9 Å². The third-order valence-corrected chi connectivity index (χ3v) is 7.43. The lowest BCUT2D eigenvalue weighted by Gasteiger charge is -2.43. The summed E-state index contributed by atoms with van der Waals surface area (Å²) in [6.45, 7) is 0.111. The number of sulfonamides is 1.